The molecule has 5 nitrogen and oxygen atoms in total. The summed E-state index contributed by atoms with van der Waals surface area (Å²) in [5.41, 5.74) is 6.02. The lowest BCUT2D eigenvalue weighted by atomic mass is 9.95. The Labute approximate surface area is 94.8 Å². The molecule has 1 saturated carbocycles. The Kier molecular flexibility index (Phi) is 3.56. The van der Waals surface area contributed by atoms with E-state index < -0.39 is 0 Å². The van der Waals surface area contributed by atoms with Crippen LogP contribution in [0.3, 0.4) is 0 Å². The Morgan fingerprint density at radius 3 is 3.00 bits per heavy atom. The number of imidazole rings is 1. The minimum absolute atomic E-state index is 0.00986. The van der Waals surface area contributed by atoms with E-state index in [2.05, 4.69) is 15.3 Å². The van der Waals surface area contributed by atoms with Gasteiger partial charge in [-0.05, 0) is 12.8 Å². The van der Waals surface area contributed by atoms with Crippen molar-refractivity contribution in [3.63, 3.8) is 0 Å². The third-order valence-electron chi connectivity index (χ3n) is 3.15. The molecule has 0 bridgehead atoms. The van der Waals surface area contributed by atoms with Gasteiger partial charge in [-0.15, -0.1) is 0 Å². The van der Waals surface area contributed by atoms with Crippen LogP contribution in [-0.4, -0.2) is 21.9 Å². The smallest absolute Gasteiger partial charge is 0.231 e. The average molecular weight is 222 g/mol. The van der Waals surface area contributed by atoms with E-state index in [1.807, 2.05) is 0 Å². The van der Waals surface area contributed by atoms with Crippen LogP contribution in [0.5, 0.6) is 0 Å². The number of hydrogen-bond donors (Lipinski definition) is 3. The lowest BCUT2D eigenvalue weighted by Crippen LogP contribution is -2.38. The van der Waals surface area contributed by atoms with Crippen molar-refractivity contribution in [1.82, 2.24) is 9.97 Å². The SMILES string of the molecule is NC1CCCCCC1C(=O)Nc1ncc[nH]1. The highest BCUT2D eigenvalue weighted by atomic mass is 16.2. The zero-order chi connectivity index (χ0) is 11.4. The molecule has 5 heteroatoms. The lowest BCUT2D eigenvalue weighted by Gasteiger charge is -2.19. The summed E-state index contributed by atoms with van der Waals surface area (Å²) in [6.07, 6.45) is 8.52. The summed E-state index contributed by atoms with van der Waals surface area (Å²) in [7, 11) is 0. The molecule has 1 aliphatic carbocycles. The number of rotatable bonds is 2. The van der Waals surface area contributed by atoms with E-state index >= 15 is 0 Å². The first kappa shape index (κ1) is 11.1. The zero-order valence-corrected chi connectivity index (χ0v) is 9.28. The molecular weight excluding hydrogens is 204 g/mol. The van der Waals surface area contributed by atoms with E-state index in [-0.39, 0.29) is 17.9 Å². The Morgan fingerprint density at radius 2 is 2.25 bits per heavy atom. The highest BCUT2D eigenvalue weighted by Gasteiger charge is 2.27. The van der Waals surface area contributed by atoms with Crippen molar-refractivity contribution in [3.05, 3.63) is 12.4 Å². The normalized spacial score (nSPS) is 26.1. The number of carbonyl (C=O) groups is 1. The van der Waals surface area contributed by atoms with Crippen molar-refractivity contribution < 1.29 is 4.79 Å². The van der Waals surface area contributed by atoms with Crippen LogP contribution in [0.4, 0.5) is 5.95 Å². The van der Waals surface area contributed by atoms with E-state index in [0.717, 1.165) is 25.7 Å². The fourth-order valence-electron chi connectivity index (χ4n) is 2.20. The van der Waals surface area contributed by atoms with Gasteiger partial charge < -0.3 is 10.7 Å². The molecule has 1 heterocycles. The summed E-state index contributed by atoms with van der Waals surface area (Å²) in [6, 6.07) is -0.0162. The maximum Gasteiger partial charge on any atom is 0.231 e. The van der Waals surface area contributed by atoms with Gasteiger partial charge in [0, 0.05) is 18.4 Å². The van der Waals surface area contributed by atoms with Gasteiger partial charge in [0.2, 0.25) is 11.9 Å². The summed E-state index contributed by atoms with van der Waals surface area (Å²) in [6.45, 7) is 0. The number of aromatic nitrogens is 2. The molecule has 1 aromatic rings. The van der Waals surface area contributed by atoms with Crippen LogP contribution in [0.25, 0.3) is 0 Å². The molecular formula is C11H18N4O. The molecule has 2 atom stereocenters. The minimum Gasteiger partial charge on any atom is -0.331 e. The van der Waals surface area contributed by atoms with Crippen LogP contribution in [0.15, 0.2) is 12.4 Å². The predicted molar refractivity (Wildman–Crippen MR) is 61.8 cm³/mol. The van der Waals surface area contributed by atoms with Crippen molar-refractivity contribution in [2.45, 2.75) is 38.1 Å². The summed E-state index contributed by atoms with van der Waals surface area (Å²) in [5, 5.41) is 2.76. The van der Waals surface area contributed by atoms with Crippen LogP contribution in [0, 0.1) is 5.92 Å². The topological polar surface area (TPSA) is 83.8 Å². The highest BCUT2D eigenvalue weighted by molar-refractivity contribution is 5.91. The number of hydrogen-bond acceptors (Lipinski definition) is 3. The van der Waals surface area contributed by atoms with E-state index in [1.165, 1.54) is 6.42 Å². The van der Waals surface area contributed by atoms with Gasteiger partial charge in [0.05, 0.1) is 5.92 Å². The second kappa shape index (κ2) is 5.12. The largest absolute Gasteiger partial charge is 0.331 e. The summed E-state index contributed by atoms with van der Waals surface area (Å²) < 4.78 is 0. The van der Waals surface area contributed by atoms with Crippen molar-refractivity contribution in [2.75, 3.05) is 5.32 Å². The Bertz CT molecular complexity index is 336. The lowest BCUT2D eigenvalue weighted by molar-refractivity contribution is -0.120. The molecule has 1 fully saturated rings. The van der Waals surface area contributed by atoms with Crippen LogP contribution < -0.4 is 11.1 Å². The second-order valence-electron chi connectivity index (χ2n) is 4.34. The maximum absolute atomic E-state index is 12.0. The fourth-order valence-corrected chi connectivity index (χ4v) is 2.20. The van der Waals surface area contributed by atoms with Crippen LogP contribution >= 0.6 is 0 Å². The molecule has 0 saturated heterocycles. The average Bonchev–Trinajstić information content (AvgIpc) is 2.66. The van der Waals surface area contributed by atoms with Crippen molar-refractivity contribution in [3.8, 4) is 0 Å². The summed E-state index contributed by atoms with van der Waals surface area (Å²) in [4.78, 5) is 18.8. The van der Waals surface area contributed by atoms with Gasteiger partial charge in [-0.3, -0.25) is 10.1 Å². The van der Waals surface area contributed by atoms with Gasteiger partial charge in [0.25, 0.3) is 0 Å². The molecule has 0 radical (unpaired) electrons. The van der Waals surface area contributed by atoms with Crippen LogP contribution in [0.1, 0.15) is 32.1 Å². The molecule has 0 aromatic carbocycles. The molecule has 0 aliphatic heterocycles. The van der Waals surface area contributed by atoms with Crippen LogP contribution in [-0.2, 0) is 4.79 Å². The van der Waals surface area contributed by atoms with Gasteiger partial charge >= 0.3 is 0 Å². The molecule has 4 N–H and O–H groups in total. The van der Waals surface area contributed by atoms with Crippen molar-refractivity contribution >= 4 is 11.9 Å². The number of H-pyrrole nitrogens is 1. The number of nitrogens with two attached hydrogens (primary N) is 1. The molecule has 2 rings (SSSR count). The standard InChI is InChI=1S/C11H18N4O/c12-9-5-3-1-2-4-8(9)10(16)15-11-13-6-7-14-11/h6-9H,1-5,12H2,(H2,13,14,15,16). The Hall–Kier alpha value is -1.36. The third kappa shape index (κ3) is 2.61. The second-order valence-corrected chi connectivity index (χ2v) is 4.34. The first-order valence-electron chi connectivity index (χ1n) is 5.83. The van der Waals surface area contributed by atoms with Gasteiger partial charge in [-0.25, -0.2) is 4.98 Å². The number of carbonyl (C=O) groups excluding carboxylic acids is 1. The molecule has 16 heavy (non-hydrogen) atoms. The first-order valence-corrected chi connectivity index (χ1v) is 5.83. The molecule has 2 unspecified atom stereocenters. The summed E-state index contributed by atoms with van der Waals surface area (Å²) in [5.74, 6) is 0.415. The molecule has 1 aromatic heterocycles. The molecule has 0 spiro atoms. The van der Waals surface area contributed by atoms with Crippen molar-refractivity contribution in [1.29, 1.82) is 0 Å². The monoisotopic (exact) mass is 222 g/mol. The summed E-state index contributed by atoms with van der Waals surface area (Å²) >= 11 is 0. The maximum atomic E-state index is 12.0. The Morgan fingerprint density at radius 1 is 1.44 bits per heavy atom. The van der Waals surface area contributed by atoms with Gasteiger partial charge in [-0.1, -0.05) is 19.3 Å². The fraction of sp³-hybridized carbons (Fsp3) is 0.636. The van der Waals surface area contributed by atoms with Crippen molar-refractivity contribution in [2.24, 2.45) is 11.7 Å². The predicted octanol–water partition coefficient (Wildman–Crippen LogP) is 1.26. The number of nitrogens with zero attached hydrogens (tertiary/aromatic N) is 1. The third-order valence-corrected chi connectivity index (χ3v) is 3.15. The van der Waals surface area contributed by atoms with Gasteiger partial charge in [-0.2, -0.15) is 0 Å². The zero-order valence-electron chi connectivity index (χ0n) is 9.28. The Balaban J connectivity index is 1.97. The highest BCUT2D eigenvalue weighted by Crippen LogP contribution is 2.23. The molecule has 1 aliphatic rings. The van der Waals surface area contributed by atoms with E-state index in [1.54, 1.807) is 12.4 Å². The van der Waals surface area contributed by atoms with Crippen LogP contribution in [0.2, 0.25) is 0 Å². The first-order chi connectivity index (χ1) is 7.77. The van der Waals surface area contributed by atoms with Gasteiger partial charge in [0.15, 0.2) is 0 Å². The molecule has 88 valence electrons. The van der Waals surface area contributed by atoms with E-state index in [4.69, 9.17) is 5.73 Å². The van der Waals surface area contributed by atoms with Gasteiger partial charge in [0.1, 0.15) is 0 Å². The number of aromatic amines is 1. The minimum atomic E-state index is -0.0763. The molecule has 1 amide bonds. The number of amides is 1. The number of anilines is 1. The van der Waals surface area contributed by atoms with E-state index in [0.29, 0.717) is 5.95 Å². The number of nitrogens with one attached hydrogen (secondary N) is 2. The quantitative estimate of drug-likeness (QED) is 0.658. The van der Waals surface area contributed by atoms with E-state index in [9.17, 15) is 4.79 Å².